The predicted octanol–water partition coefficient (Wildman–Crippen LogP) is 4.03. The summed E-state index contributed by atoms with van der Waals surface area (Å²) in [6.45, 7) is 5.93. The first kappa shape index (κ1) is 19.4. The maximum Gasteiger partial charge on any atom is 0.209 e. The van der Waals surface area contributed by atoms with E-state index in [0.717, 1.165) is 17.0 Å². The van der Waals surface area contributed by atoms with Crippen molar-refractivity contribution in [3.05, 3.63) is 70.0 Å². The highest BCUT2D eigenvalue weighted by Crippen LogP contribution is 2.20. The Hall–Kier alpha value is -2.37. The Bertz CT molecular complexity index is 895. The Labute approximate surface area is 164 Å². The van der Waals surface area contributed by atoms with Crippen LogP contribution in [0.4, 0.5) is 0 Å². The standard InChI is InChI=1S/C21H24ClN3O2/c1-13(2)27-19-10-9-17(23-24-19)12-18-11-14(3)20(25(18)4)21(26)15-5-7-16(22)8-6-15/h5-11,13,19,24H,12H2,1-4H3. The Morgan fingerprint density at radius 2 is 2.04 bits per heavy atom. The van der Waals surface area contributed by atoms with Crippen molar-refractivity contribution >= 4 is 23.1 Å². The van der Waals surface area contributed by atoms with Gasteiger partial charge in [-0.05, 0) is 68.8 Å². The molecule has 0 saturated heterocycles. The zero-order valence-electron chi connectivity index (χ0n) is 16.0. The molecule has 142 valence electrons. The van der Waals surface area contributed by atoms with E-state index in [-0.39, 0.29) is 18.1 Å². The molecule has 5 nitrogen and oxygen atoms in total. The van der Waals surface area contributed by atoms with E-state index in [1.807, 2.05) is 50.6 Å². The van der Waals surface area contributed by atoms with Crippen LogP contribution in [0.5, 0.6) is 0 Å². The van der Waals surface area contributed by atoms with Crippen LogP contribution >= 0.6 is 11.6 Å². The zero-order valence-corrected chi connectivity index (χ0v) is 16.7. The molecule has 0 aliphatic carbocycles. The van der Waals surface area contributed by atoms with Gasteiger partial charge in [-0.3, -0.25) is 10.2 Å². The van der Waals surface area contributed by atoms with Gasteiger partial charge in [-0.1, -0.05) is 11.6 Å². The second-order valence-electron chi connectivity index (χ2n) is 6.94. The van der Waals surface area contributed by atoms with Crippen LogP contribution in [0.3, 0.4) is 0 Å². The number of rotatable bonds is 6. The molecule has 0 fully saturated rings. The molecule has 1 aromatic carbocycles. The minimum absolute atomic E-state index is 0.0115. The van der Waals surface area contributed by atoms with Gasteiger partial charge in [0, 0.05) is 29.7 Å². The van der Waals surface area contributed by atoms with Gasteiger partial charge in [0.05, 0.1) is 17.5 Å². The quantitative estimate of drug-likeness (QED) is 0.764. The number of nitrogens with zero attached hydrogens (tertiary/aromatic N) is 2. The first-order chi connectivity index (χ1) is 12.8. The molecule has 0 spiro atoms. The summed E-state index contributed by atoms with van der Waals surface area (Å²) in [5, 5.41) is 5.01. The van der Waals surface area contributed by atoms with Gasteiger partial charge in [-0.25, -0.2) is 0 Å². The summed E-state index contributed by atoms with van der Waals surface area (Å²) in [4.78, 5) is 12.9. The normalized spacial score (nSPS) is 16.4. The number of aromatic nitrogens is 1. The molecular formula is C21H24ClN3O2. The highest BCUT2D eigenvalue weighted by atomic mass is 35.5. The van der Waals surface area contributed by atoms with Gasteiger partial charge in [-0.15, -0.1) is 0 Å². The van der Waals surface area contributed by atoms with Crippen LogP contribution in [0.15, 0.2) is 47.6 Å². The fourth-order valence-corrected chi connectivity index (χ4v) is 3.27. The lowest BCUT2D eigenvalue weighted by molar-refractivity contribution is 0.0166. The minimum Gasteiger partial charge on any atom is -0.351 e. The van der Waals surface area contributed by atoms with E-state index < -0.39 is 0 Å². The number of hydrazone groups is 1. The number of halogens is 1. The number of nitrogens with one attached hydrogen (secondary N) is 1. The number of allylic oxidation sites excluding steroid dienone is 1. The van der Waals surface area contributed by atoms with Crippen molar-refractivity contribution in [3.63, 3.8) is 0 Å². The number of ketones is 1. The third kappa shape index (κ3) is 4.49. The molecule has 0 amide bonds. The minimum atomic E-state index is -0.203. The highest BCUT2D eigenvalue weighted by molar-refractivity contribution is 6.30. The van der Waals surface area contributed by atoms with Crippen LogP contribution in [0.2, 0.25) is 5.02 Å². The lowest BCUT2D eigenvalue weighted by atomic mass is 10.1. The summed E-state index contributed by atoms with van der Waals surface area (Å²) in [5.41, 5.74) is 7.18. The van der Waals surface area contributed by atoms with Gasteiger partial charge in [0.25, 0.3) is 0 Å². The molecule has 2 heterocycles. The molecule has 1 aliphatic rings. The van der Waals surface area contributed by atoms with Crippen LogP contribution < -0.4 is 5.43 Å². The van der Waals surface area contributed by atoms with Crippen LogP contribution in [0.25, 0.3) is 0 Å². The largest absolute Gasteiger partial charge is 0.351 e. The van der Waals surface area contributed by atoms with Crippen molar-refractivity contribution in [1.82, 2.24) is 9.99 Å². The topological polar surface area (TPSA) is 55.6 Å². The number of aryl methyl sites for hydroxylation is 1. The summed E-state index contributed by atoms with van der Waals surface area (Å²) in [5.74, 6) is -0.0115. The van der Waals surface area contributed by atoms with E-state index in [2.05, 4.69) is 10.5 Å². The third-order valence-corrected chi connectivity index (χ3v) is 4.68. The van der Waals surface area contributed by atoms with Crippen LogP contribution in [0, 0.1) is 6.92 Å². The number of hydrogen-bond donors (Lipinski definition) is 1. The maximum absolute atomic E-state index is 12.9. The van der Waals surface area contributed by atoms with Gasteiger partial charge in [0.2, 0.25) is 5.78 Å². The number of carbonyl (C=O) groups excluding carboxylic acids is 1. The molecule has 1 atom stereocenters. The lowest BCUT2D eigenvalue weighted by Crippen LogP contribution is -2.32. The van der Waals surface area contributed by atoms with E-state index in [1.54, 1.807) is 24.3 Å². The zero-order chi connectivity index (χ0) is 19.6. The molecule has 2 aromatic rings. The SMILES string of the molecule is Cc1cc(CC2=NNC(OC(C)C)C=C2)n(C)c1C(=O)c1ccc(Cl)cc1. The Balaban J connectivity index is 1.77. The van der Waals surface area contributed by atoms with E-state index in [1.165, 1.54) is 0 Å². The smallest absolute Gasteiger partial charge is 0.209 e. The number of hydrogen-bond acceptors (Lipinski definition) is 4. The fraction of sp³-hybridized carbons (Fsp3) is 0.333. The number of ether oxygens (including phenoxy) is 1. The van der Waals surface area contributed by atoms with E-state index in [0.29, 0.717) is 22.7 Å². The predicted molar refractivity (Wildman–Crippen MR) is 108 cm³/mol. The van der Waals surface area contributed by atoms with Gasteiger partial charge in [0.1, 0.15) is 0 Å². The molecule has 3 rings (SSSR count). The average molecular weight is 386 g/mol. The molecule has 27 heavy (non-hydrogen) atoms. The number of benzene rings is 1. The van der Waals surface area contributed by atoms with E-state index >= 15 is 0 Å². The first-order valence-corrected chi connectivity index (χ1v) is 9.34. The van der Waals surface area contributed by atoms with Crippen LogP contribution in [0.1, 0.15) is 41.2 Å². The van der Waals surface area contributed by atoms with Gasteiger partial charge in [0.15, 0.2) is 6.23 Å². The number of carbonyl (C=O) groups is 1. The maximum atomic E-state index is 12.9. The van der Waals surface area contributed by atoms with E-state index in [4.69, 9.17) is 16.3 Å². The lowest BCUT2D eigenvalue weighted by Gasteiger charge is -2.20. The van der Waals surface area contributed by atoms with Crippen LogP contribution in [-0.4, -0.2) is 28.4 Å². The molecule has 0 bridgehead atoms. The average Bonchev–Trinajstić information content (AvgIpc) is 2.90. The fourth-order valence-electron chi connectivity index (χ4n) is 3.14. The van der Waals surface area contributed by atoms with Crippen molar-refractivity contribution in [2.45, 2.75) is 39.5 Å². The molecule has 0 radical (unpaired) electrons. The monoisotopic (exact) mass is 385 g/mol. The molecule has 0 saturated carbocycles. The van der Waals surface area contributed by atoms with Gasteiger partial charge in [-0.2, -0.15) is 5.10 Å². The summed E-state index contributed by atoms with van der Waals surface area (Å²) in [6, 6.07) is 9.01. The molecular weight excluding hydrogens is 362 g/mol. The third-order valence-electron chi connectivity index (χ3n) is 4.42. The van der Waals surface area contributed by atoms with Crippen molar-refractivity contribution < 1.29 is 9.53 Å². The Kier molecular flexibility index (Phi) is 5.82. The molecule has 1 unspecified atom stereocenters. The van der Waals surface area contributed by atoms with Crippen molar-refractivity contribution in [3.8, 4) is 0 Å². The summed E-state index contributed by atoms with van der Waals surface area (Å²) in [7, 11) is 1.91. The second kappa shape index (κ2) is 8.11. The van der Waals surface area contributed by atoms with Gasteiger partial charge < -0.3 is 9.30 Å². The molecule has 1 aliphatic heterocycles. The molecule has 1 aromatic heterocycles. The summed E-state index contributed by atoms with van der Waals surface area (Å²) >= 11 is 5.92. The Morgan fingerprint density at radius 1 is 1.33 bits per heavy atom. The van der Waals surface area contributed by atoms with E-state index in [9.17, 15) is 4.79 Å². The highest BCUT2D eigenvalue weighted by Gasteiger charge is 2.20. The summed E-state index contributed by atoms with van der Waals surface area (Å²) in [6.07, 6.45) is 4.47. The van der Waals surface area contributed by atoms with Crippen molar-refractivity contribution in [2.24, 2.45) is 12.1 Å². The van der Waals surface area contributed by atoms with Gasteiger partial charge >= 0.3 is 0 Å². The van der Waals surface area contributed by atoms with Crippen molar-refractivity contribution in [2.75, 3.05) is 0 Å². The Morgan fingerprint density at radius 3 is 2.63 bits per heavy atom. The second-order valence-corrected chi connectivity index (χ2v) is 7.37. The molecule has 1 N–H and O–H groups in total. The first-order valence-electron chi connectivity index (χ1n) is 8.96. The summed E-state index contributed by atoms with van der Waals surface area (Å²) < 4.78 is 7.60. The van der Waals surface area contributed by atoms with Crippen LogP contribution in [-0.2, 0) is 18.2 Å². The van der Waals surface area contributed by atoms with Crippen molar-refractivity contribution in [1.29, 1.82) is 0 Å². The molecule has 6 heteroatoms.